The van der Waals surface area contributed by atoms with Crippen LogP contribution in [0.1, 0.15) is 19.0 Å². The third-order valence-electron chi connectivity index (χ3n) is 4.56. The molecule has 0 radical (unpaired) electrons. The first-order valence-electron chi connectivity index (χ1n) is 9.61. The van der Waals surface area contributed by atoms with Gasteiger partial charge in [0, 0.05) is 25.2 Å². The highest BCUT2D eigenvalue weighted by Crippen LogP contribution is 2.24. The Balaban J connectivity index is 1.40. The second-order valence-electron chi connectivity index (χ2n) is 6.70. The third kappa shape index (κ3) is 4.65. The maximum atomic E-state index is 12.4. The molecule has 8 heteroatoms. The number of carbonyl (C=O) groups excluding carboxylic acids is 1. The van der Waals surface area contributed by atoms with Crippen LogP contribution in [-0.2, 0) is 11.3 Å². The van der Waals surface area contributed by atoms with Crippen LogP contribution < -0.4 is 15.5 Å². The fraction of sp³-hybridized carbons (Fsp3) is 0.286. The zero-order valence-corrected chi connectivity index (χ0v) is 17.0. The van der Waals surface area contributed by atoms with Crippen molar-refractivity contribution in [2.75, 3.05) is 18.0 Å². The molecule has 0 spiro atoms. The van der Waals surface area contributed by atoms with E-state index in [-0.39, 0.29) is 11.9 Å². The van der Waals surface area contributed by atoms with Gasteiger partial charge in [-0.3, -0.25) is 4.79 Å². The molecule has 1 aliphatic rings. The van der Waals surface area contributed by atoms with Gasteiger partial charge in [0.25, 0.3) is 0 Å². The number of anilines is 1. The lowest BCUT2D eigenvalue weighted by molar-refractivity contribution is -0.117. The Morgan fingerprint density at radius 2 is 2.17 bits per heavy atom. The molecule has 2 N–H and O–H groups in total. The van der Waals surface area contributed by atoms with Crippen LogP contribution in [0.15, 0.2) is 63.5 Å². The number of para-hydroxylation sites is 1. The molecule has 7 nitrogen and oxygen atoms in total. The minimum atomic E-state index is -0.000468. The van der Waals surface area contributed by atoms with Crippen LogP contribution in [0.2, 0.25) is 0 Å². The maximum absolute atomic E-state index is 12.4. The van der Waals surface area contributed by atoms with Gasteiger partial charge in [-0.1, -0.05) is 24.3 Å². The van der Waals surface area contributed by atoms with E-state index in [1.807, 2.05) is 59.7 Å². The number of hydrogen-bond donors (Lipinski definition) is 2. The number of rotatable bonds is 6. The molecule has 1 aromatic carbocycles. The number of oxazole rings is 1. The van der Waals surface area contributed by atoms with E-state index in [0.717, 1.165) is 22.8 Å². The van der Waals surface area contributed by atoms with Crippen molar-refractivity contribution in [2.45, 2.75) is 25.9 Å². The topological polar surface area (TPSA) is 82.8 Å². The van der Waals surface area contributed by atoms with Crippen LogP contribution in [0.25, 0.3) is 10.8 Å². The van der Waals surface area contributed by atoms with Crippen molar-refractivity contribution in [3.05, 3.63) is 59.8 Å². The molecule has 1 atom stereocenters. The van der Waals surface area contributed by atoms with Crippen LogP contribution in [0.3, 0.4) is 0 Å². The Labute approximate surface area is 173 Å². The molecule has 150 valence electrons. The number of guanidine groups is 1. The van der Waals surface area contributed by atoms with Gasteiger partial charge in [0.2, 0.25) is 11.8 Å². The lowest BCUT2D eigenvalue weighted by Gasteiger charge is -2.18. The summed E-state index contributed by atoms with van der Waals surface area (Å²) in [6, 6.07) is 13.7. The minimum absolute atomic E-state index is 0.000468. The van der Waals surface area contributed by atoms with Crippen LogP contribution in [0, 0.1) is 0 Å². The highest BCUT2D eigenvalue weighted by atomic mass is 32.1. The SMILES string of the molecule is CCNC(=NCc1coc(-c2cccs2)n1)NC1CC(=O)N(c2ccccc2)C1. The standard InChI is InChI=1S/C21H23N5O2S/c1-2-22-21(23-12-16-14-28-20(24-16)18-9-6-10-29-18)25-15-11-19(27)26(13-15)17-7-4-3-5-8-17/h3-10,14-15H,2,11-13H2,1H3,(H2,22,23,25). The maximum Gasteiger partial charge on any atom is 0.236 e. The molecule has 0 saturated carbocycles. The molecule has 3 aromatic rings. The summed E-state index contributed by atoms with van der Waals surface area (Å²) >= 11 is 1.59. The van der Waals surface area contributed by atoms with Gasteiger partial charge in [-0.05, 0) is 30.5 Å². The Hall–Kier alpha value is -3.13. The predicted octanol–water partition coefficient (Wildman–Crippen LogP) is 3.26. The molecule has 29 heavy (non-hydrogen) atoms. The van der Waals surface area contributed by atoms with Gasteiger partial charge >= 0.3 is 0 Å². The summed E-state index contributed by atoms with van der Waals surface area (Å²) in [6.07, 6.45) is 2.07. The first-order chi connectivity index (χ1) is 14.2. The van der Waals surface area contributed by atoms with Crippen molar-refractivity contribution in [3.8, 4) is 10.8 Å². The fourth-order valence-corrected chi connectivity index (χ4v) is 3.88. The molecule has 4 rings (SSSR count). The number of carbonyl (C=O) groups is 1. The quantitative estimate of drug-likeness (QED) is 0.482. The van der Waals surface area contributed by atoms with Crippen LogP contribution in [-0.4, -0.2) is 36.0 Å². The van der Waals surface area contributed by atoms with Crippen LogP contribution >= 0.6 is 11.3 Å². The Kier molecular flexibility index (Phi) is 5.90. The highest BCUT2D eigenvalue weighted by Gasteiger charge is 2.31. The number of thiophene rings is 1. The summed E-state index contributed by atoms with van der Waals surface area (Å²) in [5.74, 6) is 1.39. The molecular weight excluding hydrogens is 386 g/mol. The first kappa shape index (κ1) is 19.2. The number of nitrogens with one attached hydrogen (secondary N) is 2. The van der Waals surface area contributed by atoms with E-state index in [4.69, 9.17) is 4.42 Å². The molecule has 1 amide bonds. The molecule has 0 bridgehead atoms. The number of aromatic nitrogens is 1. The molecule has 1 unspecified atom stereocenters. The molecule has 0 aliphatic carbocycles. The molecule has 1 aliphatic heterocycles. The fourth-order valence-electron chi connectivity index (χ4n) is 3.23. The average Bonchev–Trinajstić information content (AvgIpc) is 3.48. The number of benzene rings is 1. The summed E-state index contributed by atoms with van der Waals surface area (Å²) in [5, 5.41) is 8.60. The Morgan fingerprint density at radius 1 is 1.31 bits per heavy atom. The largest absolute Gasteiger partial charge is 0.443 e. The number of aliphatic imine (C=N–C) groups is 1. The van der Waals surface area contributed by atoms with E-state index in [2.05, 4.69) is 20.6 Å². The van der Waals surface area contributed by atoms with Gasteiger partial charge in [-0.25, -0.2) is 9.98 Å². The summed E-state index contributed by atoms with van der Waals surface area (Å²) in [7, 11) is 0. The molecule has 1 saturated heterocycles. The average molecular weight is 410 g/mol. The van der Waals surface area contributed by atoms with Crippen molar-refractivity contribution in [3.63, 3.8) is 0 Å². The van der Waals surface area contributed by atoms with E-state index in [0.29, 0.717) is 31.4 Å². The van der Waals surface area contributed by atoms with Gasteiger partial charge < -0.3 is 20.0 Å². The summed E-state index contributed by atoms with van der Waals surface area (Å²) in [6.45, 7) is 3.75. The van der Waals surface area contributed by atoms with Gasteiger partial charge in [-0.15, -0.1) is 11.3 Å². The van der Waals surface area contributed by atoms with Crippen molar-refractivity contribution in [2.24, 2.45) is 4.99 Å². The van der Waals surface area contributed by atoms with Crippen molar-refractivity contribution in [1.82, 2.24) is 15.6 Å². The lowest BCUT2D eigenvalue weighted by Crippen LogP contribution is -2.44. The van der Waals surface area contributed by atoms with Gasteiger partial charge in [0.15, 0.2) is 5.96 Å². The Bertz CT molecular complexity index is 968. The lowest BCUT2D eigenvalue weighted by atomic mass is 10.2. The number of amides is 1. The van der Waals surface area contributed by atoms with Gasteiger partial charge in [-0.2, -0.15) is 0 Å². The van der Waals surface area contributed by atoms with Gasteiger partial charge in [0.1, 0.15) is 12.0 Å². The van der Waals surface area contributed by atoms with E-state index in [1.165, 1.54) is 0 Å². The van der Waals surface area contributed by atoms with E-state index < -0.39 is 0 Å². The molecule has 2 aromatic heterocycles. The monoisotopic (exact) mass is 409 g/mol. The normalized spacial score (nSPS) is 17.0. The highest BCUT2D eigenvalue weighted by molar-refractivity contribution is 7.13. The van der Waals surface area contributed by atoms with E-state index >= 15 is 0 Å². The molecule has 3 heterocycles. The first-order valence-corrected chi connectivity index (χ1v) is 10.5. The van der Waals surface area contributed by atoms with Crippen LogP contribution in [0.4, 0.5) is 5.69 Å². The van der Waals surface area contributed by atoms with Crippen molar-refractivity contribution in [1.29, 1.82) is 0 Å². The van der Waals surface area contributed by atoms with Crippen molar-refractivity contribution >= 4 is 28.9 Å². The third-order valence-corrected chi connectivity index (χ3v) is 5.42. The molecule has 1 fully saturated rings. The zero-order chi connectivity index (χ0) is 20.1. The zero-order valence-electron chi connectivity index (χ0n) is 16.2. The summed E-state index contributed by atoms with van der Waals surface area (Å²) in [4.78, 5) is 24.3. The molecular formula is C21H23N5O2S. The second-order valence-corrected chi connectivity index (χ2v) is 7.65. The minimum Gasteiger partial charge on any atom is -0.443 e. The summed E-state index contributed by atoms with van der Waals surface area (Å²) < 4.78 is 5.55. The smallest absolute Gasteiger partial charge is 0.236 e. The summed E-state index contributed by atoms with van der Waals surface area (Å²) in [5.41, 5.74) is 1.69. The predicted molar refractivity (Wildman–Crippen MR) is 115 cm³/mol. The Morgan fingerprint density at radius 3 is 2.93 bits per heavy atom. The van der Waals surface area contributed by atoms with Crippen molar-refractivity contribution < 1.29 is 9.21 Å². The van der Waals surface area contributed by atoms with Crippen LogP contribution in [0.5, 0.6) is 0 Å². The van der Waals surface area contributed by atoms with Gasteiger partial charge in [0.05, 0.1) is 17.5 Å². The second kappa shape index (κ2) is 8.91. The number of hydrogen-bond acceptors (Lipinski definition) is 5. The number of nitrogens with zero attached hydrogens (tertiary/aromatic N) is 3. The van der Waals surface area contributed by atoms with E-state index in [9.17, 15) is 4.79 Å². The van der Waals surface area contributed by atoms with E-state index in [1.54, 1.807) is 17.6 Å².